The number of anilines is 3. The highest BCUT2D eigenvalue weighted by Gasteiger charge is 2.38. The fraction of sp³-hybridized carbons (Fsp3) is 0.353. The summed E-state index contributed by atoms with van der Waals surface area (Å²) in [5.74, 6) is -0.613. The minimum absolute atomic E-state index is 0.00520. The van der Waals surface area contributed by atoms with E-state index in [4.69, 9.17) is 37.5 Å². The van der Waals surface area contributed by atoms with Crippen molar-refractivity contribution in [3.05, 3.63) is 64.3 Å². The lowest BCUT2D eigenvalue weighted by Gasteiger charge is -2.37. The average Bonchev–Trinajstić information content (AvgIpc) is 3.64. The molecule has 2 saturated heterocycles. The highest BCUT2D eigenvalue weighted by molar-refractivity contribution is 7.23. The number of thiophene rings is 1. The van der Waals surface area contributed by atoms with Crippen LogP contribution in [0.5, 0.6) is 6.01 Å². The Balaban J connectivity index is 1.37. The molecule has 2 aliphatic rings. The van der Waals surface area contributed by atoms with Crippen molar-refractivity contribution in [2.24, 2.45) is 0 Å². The van der Waals surface area contributed by atoms with Crippen LogP contribution in [0, 0.1) is 23.0 Å². The average molecular weight is 691 g/mol. The monoisotopic (exact) mass is 690 g/mol. The molecule has 14 heteroatoms. The SMILES string of the molecule is C[C@H](c1cccnc1N)N(C)c1nc(OC[C@@H]2CC[C@@H]3CO[C@@H](C)CN32)nc2c(F)c(-c3ccc(F)c4sc(N)c(C#N)c34)c(Cl)cc12. The summed E-state index contributed by atoms with van der Waals surface area (Å²) >= 11 is 7.78. The first-order valence-electron chi connectivity index (χ1n) is 15.6. The molecule has 2 aliphatic heterocycles. The summed E-state index contributed by atoms with van der Waals surface area (Å²) in [4.78, 5) is 17.9. The molecule has 0 unspecified atom stereocenters. The number of nitriles is 1. The quantitative estimate of drug-likeness (QED) is 0.190. The molecular weight excluding hydrogens is 658 g/mol. The summed E-state index contributed by atoms with van der Waals surface area (Å²) in [6.07, 6.45) is 3.66. The van der Waals surface area contributed by atoms with E-state index >= 15 is 4.39 Å². The number of nitrogen functional groups attached to an aromatic ring is 2. The molecule has 48 heavy (non-hydrogen) atoms. The first-order valence-corrected chi connectivity index (χ1v) is 16.8. The summed E-state index contributed by atoms with van der Waals surface area (Å²) in [6, 6.07) is 10.0. The van der Waals surface area contributed by atoms with Gasteiger partial charge in [0.1, 0.15) is 40.6 Å². The fourth-order valence-electron chi connectivity index (χ4n) is 6.89. The van der Waals surface area contributed by atoms with Gasteiger partial charge < -0.3 is 25.8 Å². The van der Waals surface area contributed by atoms with Crippen molar-refractivity contribution in [3.8, 4) is 23.2 Å². The van der Waals surface area contributed by atoms with E-state index in [1.807, 2.05) is 31.0 Å². The van der Waals surface area contributed by atoms with Crippen molar-refractivity contribution in [2.75, 3.05) is 43.2 Å². The van der Waals surface area contributed by atoms with Crippen LogP contribution in [0.15, 0.2) is 36.5 Å². The van der Waals surface area contributed by atoms with Crippen LogP contribution in [0.25, 0.3) is 32.1 Å². The van der Waals surface area contributed by atoms with Crippen LogP contribution in [0.1, 0.15) is 43.9 Å². The molecule has 0 spiro atoms. The largest absolute Gasteiger partial charge is 0.462 e. The van der Waals surface area contributed by atoms with Crippen LogP contribution in [-0.4, -0.2) is 64.8 Å². The standard InChI is InChI=1S/C34H33ClF2N8O2S/c1-16-13-45-18(14-46-16)6-7-19(45)15-47-34-42-29-22(33(43-34)44(3)17(2)20-5-4-10-41-31(20)39)11-24(35)27(28(29)37)21-8-9-25(36)30-26(21)23(12-38)32(40)48-30/h4-5,8-11,16-19H,6-7,13-15,40H2,1-3H3,(H2,39,41)/t16-,17+,18+,19-/m0/s1. The van der Waals surface area contributed by atoms with Crippen LogP contribution in [0.2, 0.25) is 5.02 Å². The number of rotatable bonds is 7. The first-order chi connectivity index (χ1) is 23.1. The zero-order chi connectivity index (χ0) is 33.9. The molecule has 0 saturated carbocycles. The third kappa shape index (κ3) is 5.42. The maximum atomic E-state index is 17.0. The first kappa shape index (κ1) is 32.2. The summed E-state index contributed by atoms with van der Waals surface area (Å²) < 4.78 is 44.2. The molecule has 3 aromatic heterocycles. The zero-order valence-electron chi connectivity index (χ0n) is 26.5. The van der Waals surface area contributed by atoms with Crippen molar-refractivity contribution in [1.82, 2.24) is 19.9 Å². The lowest BCUT2D eigenvalue weighted by molar-refractivity contribution is -0.0556. The number of hydrogen-bond donors (Lipinski definition) is 2. The summed E-state index contributed by atoms with van der Waals surface area (Å²) in [5, 5.41) is 10.6. The van der Waals surface area contributed by atoms with E-state index in [2.05, 4.69) is 21.8 Å². The second kappa shape index (κ2) is 12.6. The van der Waals surface area contributed by atoms with Gasteiger partial charge in [-0.2, -0.15) is 15.2 Å². The minimum atomic E-state index is -0.766. The normalized spacial score (nSPS) is 20.1. The molecule has 4 N–H and O–H groups in total. The highest BCUT2D eigenvalue weighted by atomic mass is 35.5. The van der Waals surface area contributed by atoms with Gasteiger partial charge in [-0.05, 0) is 50.5 Å². The topological polar surface area (TPSA) is 139 Å². The van der Waals surface area contributed by atoms with Crippen LogP contribution < -0.4 is 21.1 Å². The van der Waals surface area contributed by atoms with E-state index in [1.54, 1.807) is 18.3 Å². The molecule has 5 heterocycles. The third-order valence-corrected chi connectivity index (χ3v) is 10.8. The molecule has 2 aromatic carbocycles. The van der Waals surface area contributed by atoms with Gasteiger partial charge in [-0.1, -0.05) is 23.7 Å². The molecular formula is C34H33ClF2N8O2S. The minimum Gasteiger partial charge on any atom is -0.462 e. The predicted molar refractivity (Wildman–Crippen MR) is 184 cm³/mol. The van der Waals surface area contributed by atoms with Crippen molar-refractivity contribution >= 4 is 60.6 Å². The molecule has 5 aromatic rings. The number of morpholine rings is 1. The Kier molecular flexibility index (Phi) is 8.45. The van der Waals surface area contributed by atoms with Crippen molar-refractivity contribution in [3.63, 3.8) is 0 Å². The molecule has 248 valence electrons. The summed E-state index contributed by atoms with van der Waals surface area (Å²) in [6.45, 7) is 5.79. The Morgan fingerprint density at radius 2 is 2.06 bits per heavy atom. The maximum absolute atomic E-state index is 17.0. The predicted octanol–water partition coefficient (Wildman–Crippen LogP) is 6.70. The van der Waals surface area contributed by atoms with Gasteiger partial charge in [0.15, 0.2) is 5.82 Å². The Bertz CT molecular complexity index is 2110. The molecule has 4 atom stereocenters. The fourth-order valence-corrected chi connectivity index (χ4v) is 8.13. The van der Waals surface area contributed by atoms with Gasteiger partial charge in [0.2, 0.25) is 0 Å². The number of aromatic nitrogens is 3. The van der Waals surface area contributed by atoms with E-state index in [9.17, 15) is 9.65 Å². The zero-order valence-corrected chi connectivity index (χ0v) is 28.1. The number of fused-ring (bicyclic) bond motifs is 3. The van der Waals surface area contributed by atoms with E-state index in [0.29, 0.717) is 36.3 Å². The van der Waals surface area contributed by atoms with Crippen LogP contribution >= 0.6 is 22.9 Å². The van der Waals surface area contributed by atoms with Gasteiger partial charge in [0.05, 0.1) is 34.0 Å². The van der Waals surface area contributed by atoms with Gasteiger partial charge in [-0.3, -0.25) is 4.90 Å². The second-order valence-electron chi connectivity index (χ2n) is 12.3. The van der Waals surface area contributed by atoms with E-state index < -0.39 is 11.6 Å². The Labute approximate surface area is 284 Å². The van der Waals surface area contributed by atoms with E-state index in [-0.39, 0.29) is 66.5 Å². The van der Waals surface area contributed by atoms with Crippen molar-refractivity contribution < 1.29 is 18.3 Å². The highest BCUT2D eigenvalue weighted by Crippen LogP contribution is 2.46. The van der Waals surface area contributed by atoms with Gasteiger partial charge in [0.25, 0.3) is 0 Å². The van der Waals surface area contributed by atoms with Crippen LogP contribution in [0.4, 0.5) is 25.4 Å². The Morgan fingerprint density at radius 1 is 1.25 bits per heavy atom. The molecule has 7 rings (SSSR count). The number of halogens is 3. The molecule has 0 bridgehead atoms. The molecule has 0 radical (unpaired) electrons. The molecule has 2 fully saturated rings. The number of nitrogens with two attached hydrogens (primary N) is 2. The van der Waals surface area contributed by atoms with Gasteiger partial charge >= 0.3 is 6.01 Å². The van der Waals surface area contributed by atoms with Crippen molar-refractivity contribution in [1.29, 1.82) is 5.26 Å². The number of nitrogens with zero attached hydrogens (tertiary/aromatic N) is 6. The maximum Gasteiger partial charge on any atom is 0.319 e. The van der Waals surface area contributed by atoms with Crippen molar-refractivity contribution in [2.45, 2.75) is 50.9 Å². The van der Waals surface area contributed by atoms with Gasteiger partial charge in [-0.15, -0.1) is 11.3 Å². The second-order valence-corrected chi connectivity index (χ2v) is 13.8. The van der Waals surface area contributed by atoms with Crippen LogP contribution in [0.3, 0.4) is 0 Å². The Hall–Kier alpha value is -4.35. The molecule has 10 nitrogen and oxygen atoms in total. The van der Waals surface area contributed by atoms with Gasteiger partial charge in [-0.25, -0.2) is 13.8 Å². The number of benzene rings is 2. The molecule has 0 amide bonds. The Morgan fingerprint density at radius 3 is 2.83 bits per heavy atom. The summed E-state index contributed by atoms with van der Waals surface area (Å²) in [5.41, 5.74) is 13.3. The third-order valence-electron chi connectivity index (χ3n) is 9.49. The summed E-state index contributed by atoms with van der Waals surface area (Å²) in [7, 11) is 1.82. The van der Waals surface area contributed by atoms with Gasteiger partial charge in [0, 0.05) is 53.8 Å². The number of hydrogen-bond acceptors (Lipinski definition) is 11. The van der Waals surface area contributed by atoms with E-state index in [0.717, 1.165) is 36.3 Å². The number of ether oxygens (including phenoxy) is 2. The lowest BCUT2D eigenvalue weighted by Crippen LogP contribution is -2.49. The van der Waals surface area contributed by atoms with E-state index in [1.165, 1.54) is 12.1 Å². The lowest BCUT2D eigenvalue weighted by atomic mass is 9.97. The smallest absolute Gasteiger partial charge is 0.319 e. The molecule has 0 aliphatic carbocycles. The number of pyridine rings is 1. The van der Waals surface area contributed by atoms with Crippen LogP contribution in [-0.2, 0) is 4.74 Å².